The normalized spacial score (nSPS) is 10.4. The summed E-state index contributed by atoms with van der Waals surface area (Å²) in [6, 6.07) is 7.50. The topological polar surface area (TPSA) is 95.1 Å². The van der Waals surface area contributed by atoms with Gasteiger partial charge in [0.25, 0.3) is 0 Å². The lowest BCUT2D eigenvalue weighted by molar-refractivity contribution is -0.136. The average molecular weight is 247 g/mol. The molecule has 0 aliphatic rings. The Hall–Kier alpha value is -2.37. The van der Waals surface area contributed by atoms with E-state index >= 15 is 0 Å². The van der Waals surface area contributed by atoms with Gasteiger partial charge in [0.15, 0.2) is 0 Å². The Morgan fingerprint density at radius 3 is 2.89 bits per heavy atom. The molecule has 2 aromatic rings. The van der Waals surface area contributed by atoms with Gasteiger partial charge in [-0.3, -0.25) is 14.7 Å². The number of aromatic amines is 1. The number of fused-ring (bicyclic) bond motifs is 1. The van der Waals surface area contributed by atoms with Gasteiger partial charge in [-0.1, -0.05) is 18.2 Å². The third kappa shape index (κ3) is 2.85. The Morgan fingerprint density at radius 1 is 1.33 bits per heavy atom. The Bertz CT molecular complexity index is 577. The molecule has 0 saturated carbocycles. The van der Waals surface area contributed by atoms with Crippen LogP contribution in [-0.4, -0.2) is 33.7 Å². The second-order valence-electron chi connectivity index (χ2n) is 3.89. The van der Waals surface area contributed by atoms with Gasteiger partial charge in [0.05, 0.1) is 24.1 Å². The summed E-state index contributed by atoms with van der Waals surface area (Å²) in [5.41, 5.74) is 1.55. The molecule has 1 aromatic heterocycles. The number of amides is 1. The lowest BCUT2D eigenvalue weighted by Gasteiger charge is -2.02. The fourth-order valence-corrected chi connectivity index (χ4v) is 1.68. The lowest BCUT2D eigenvalue weighted by Crippen LogP contribution is -2.27. The number of aliphatic carboxylic acids is 1. The van der Waals surface area contributed by atoms with E-state index in [1.807, 2.05) is 24.3 Å². The predicted molar refractivity (Wildman–Crippen MR) is 65.1 cm³/mol. The van der Waals surface area contributed by atoms with Crippen molar-refractivity contribution in [3.8, 4) is 0 Å². The van der Waals surface area contributed by atoms with Gasteiger partial charge in [-0.05, 0) is 6.07 Å². The maximum atomic E-state index is 11.6. The highest BCUT2D eigenvalue weighted by Crippen LogP contribution is 2.15. The van der Waals surface area contributed by atoms with Gasteiger partial charge in [-0.15, -0.1) is 0 Å². The summed E-state index contributed by atoms with van der Waals surface area (Å²) in [7, 11) is 0. The molecule has 0 fully saturated rings. The van der Waals surface area contributed by atoms with Crippen molar-refractivity contribution in [1.29, 1.82) is 0 Å². The number of H-pyrrole nitrogens is 1. The van der Waals surface area contributed by atoms with Crippen LogP contribution in [0.25, 0.3) is 10.9 Å². The highest BCUT2D eigenvalue weighted by molar-refractivity contribution is 5.87. The van der Waals surface area contributed by atoms with E-state index in [2.05, 4.69) is 15.5 Å². The van der Waals surface area contributed by atoms with E-state index in [1.165, 1.54) is 0 Å². The minimum Gasteiger partial charge on any atom is -0.481 e. The predicted octanol–water partition coefficient (Wildman–Crippen LogP) is 0.696. The van der Waals surface area contributed by atoms with Crippen LogP contribution < -0.4 is 5.32 Å². The number of nitrogens with zero attached hydrogens (tertiary/aromatic N) is 1. The van der Waals surface area contributed by atoms with E-state index < -0.39 is 5.97 Å². The Morgan fingerprint density at radius 2 is 2.11 bits per heavy atom. The summed E-state index contributed by atoms with van der Waals surface area (Å²) in [5.74, 6) is -1.15. The molecule has 0 aliphatic heterocycles. The van der Waals surface area contributed by atoms with Crippen LogP contribution in [0.5, 0.6) is 0 Å². The molecule has 18 heavy (non-hydrogen) atoms. The maximum Gasteiger partial charge on any atom is 0.305 e. The molecule has 94 valence electrons. The number of carboxylic acids is 1. The molecule has 0 aliphatic carbocycles. The number of nitrogens with one attached hydrogen (secondary N) is 2. The summed E-state index contributed by atoms with van der Waals surface area (Å²) in [6.07, 6.45) is 0.0929. The third-order valence-corrected chi connectivity index (χ3v) is 2.54. The highest BCUT2D eigenvalue weighted by Gasteiger charge is 2.09. The second kappa shape index (κ2) is 5.31. The summed E-state index contributed by atoms with van der Waals surface area (Å²) in [6.45, 7) is 0.139. The fourth-order valence-electron chi connectivity index (χ4n) is 1.68. The number of carbonyl (C=O) groups excluding carboxylic acids is 1. The molecule has 3 N–H and O–H groups in total. The van der Waals surface area contributed by atoms with Crippen LogP contribution in [-0.2, 0) is 16.0 Å². The average Bonchev–Trinajstić information content (AvgIpc) is 2.72. The van der Waals surface area contributed by atoms with Gasteiger partial charge in [0.2, 0.25) is 5.91 Å². The van der Waals surface area contributed by atoms with Gasteiger partial charge in [0.1, 0.15) is 0 Å². The van der Waals surface area contributed by atoms with Crippen LogP contribution in [0.15, 0.2) is 24.3 Å². The van der Waals surface area contributed by atoms with E-state index in [4.69, 9.17) is 5.11 Å². The first-order valence-electron chi connectivity index (χ1n) is 5.57. The monoisotopic (exact) mass is 247 g/mol. The standard InChI is InChI=1S/C12H13N3O3/c16-11(13-6-5-12(17)18)7-10-8-3-1-2-4-9(8)14-15-10/h1-4H,5-7H2,(H,13,16)(H,14,15)(H,17,18). The number of aromatic nitrogens is 2. The first-order chi connectivity index (χ1) is 8.66. The molecule has 0 spiro atoms. The van der Waals surface area contributed by atoms with E-state index in [0.29, 0.717) is 0 Å². The van der Waals surface area contributed by atoms with Crippen molar-refractivity contribution >= 4 is 22.8 Å². The minimum atomic E-state index is -0.928. The van der Waals surface area contributed by atoms with Crippen LogP contribution in [0.1, 0.15) is 12.1 Å². The first kappa shape index (κ1) is 12.1. The summed E-state index contributed by atoms with van der Waals surface area (Å²) in [5, 5.41) is 18.8. The van der Waals surface area contributed by atoms with Gasteiger partial charge < -0.3 is 10.4 Å². The van der Waals surface area contributed by atoms with Crippen LogP contribution in [0, 0.1) is 0 Å². The zero-order chi connectivity index (χ0) is 13.0. The number of para-hydroxylation sites is 1. The van der Waals surface area contributed by atoms with Crippen LogP contribution in [0.4, 0.5) is 0 Å². The highest BCUT2D eigenvalue weighted by atomic mass is 16.4. The number of rotatable bonds is 5. The molecular weight excluding hydrogens is 234 g/mol. The van der Waals surface area contributed by atoms with Crippen LogP contribution >= 0.6 is 0 Å². The molecule has 0 unspecified atom stereocenters. The van der Waals surface area contributed by atoms with Crippen molar-refractivity contribution < 1.29 is 14.7 Å². The van der Waals surface area contributed by atoms with Gasteiger partial charge >= 0.3 is 5.97 Å². The number of hydrogen-bond donors (Lipinski definition) is 3. The van der Waals surface area contributed by atoms with Gasteiger partial charge in [-0.2, -0.15) is 5.10 Å². The summed E-state index contributed by atoms with van der Waals surface area (Å²) >= 11 is 0. The largest absolute Gasteiger partial charge is 0.481 e. The van der Waals surface area contributed by atoms with Crippen LogP contribution in [0.2, 0.25) is 0 Å². The molecule has 1 heterocycles. The van der Waals surface area contributed by atoms with E-state index in [1.54, 1.807) is 0 Å². The molecule has 1 aromatic carbocycles. The number of carbonyl (C=O) groups is 2. The summed E-state index contributed by atoms with van der Waals surface area (Å²) in [4.78, 5) is 21.9. The van der Waals surface area contributed by atoms with Gasteiger partial charge in [-0.25, -0.2) is 0 Å². The van der Waals surface area contributed by atoms with Crippen molar-refractivity contribution in [3.05, 3.63) is 30.0 Å². The Balaban J connectivity index is 1.97. The number of carboxylic acid groups (broad SMARTS) is 1. The summed E-state index contributed by atoms with van der Waals surface area (Å²) < 4.78 is 0. The van der Waals surface area contributed by atoms with E-state index in [-0.39, 0.29) is 25.3 Å². The van der Waals surface area contributed by atoms with E-state index in [0.717, 1.165) is 16.6 Å². The Kier molecular flexibility index (Phi) is 3.57. The number of hydrogen-bond acceptors (Lipinski definition) is 3. The second-order valence-corrected chi connectivity index (χ2v) is 3.89. The smallest absolute Gasteiger partial charge is 0.305 e. The zero-order valence-corrected chi connectivity index (χ0v) is 9.64. The quantitative estimate of drug-likeness (QED) is 0.724. The molecule has 0 bridgehead atoms. The third-order valence-electron chi connectivity index (χ3n) is 2.54. The SMILES string of the molecule is O=C(O)CCNC(=O)Cc1[nH]nc2ccccc12. The van der Waals surface area contributed by atoms with Crippen molar-refractivity contribution in [3.63, 3.8) is 0 Å². The molecule has 0 saturated heterocycles. The minimum absolute atomic E-state index is 0.0739. The fraction of sp³-hybridized carbons (Fsp3) is 0.250. The first-order valence-corrected chi connectivity index (χ1v) is 5.57. The molecule has 2 rings (SSSR count). The molecule has 1 amide bonds. The maximum absolute atomic E-state index is 11.6. The molecular formula is C12H13N3O3. The molecule has 0 atom stereocenters. The lowest BCUT2D eigenvalue weighted by atomic mass is 10.1. The van der Waals surface area contributed by atoms with Gasteiger partial charge in [0, 0.05) is 11.9 Å². The molecule has 6 nitrogen and oxygen atoms in total. The van der Waals surface area contributed by atoms with E-state index in [9.17, 15) is 9.59 Å². The van der Waals surface area contributed by atoms with Crippen LogP contribution in [0.3, 0.4) is 0 Å². The van der Waals surface area contributed by atoms with Crippen molar-refractivity contribution in [2.45, 2.75) is 12.8 Å². The van der Waals surface area contributed by atoms with Crippen molar-refractivity contribution in [2.75, 3.05) is 6.54 Å². The molecule has 0 radical (unpaired) electrons. The Labute approximate surface area is 103 Å². The number of benzene rings is 1. The van der Waals surface area contributed by atoms with Crippen molar-refractivity contribution in [2.24, 2.45) is 0 Å². The molecule has 6 heteroatoms. The zero-order valence-electron chi connectivity index (χ0n) is 9.64. The van der Waals surface area contributed by atoms with Crippen molar-refractivity contribution in [1.82, 2.24) is 15.5 Å².